The summed E-state index contributed by atoms with van der Waals surface area (Å²) in [7, 11) is 0. The van der Waals surface area contributed by atoms with Gasteiger partial charge in [0.25, 0.3) is 5.91 Å². The lowest BCUT2D eigenvalue weighted by Gasteiger charge is -2.28. The minimum Gasteiger partial charge on any atom is -0.459 e. The van der Waals surface area contributed by atoms with Gasteiger partial charge in [-0.05, 0) is 37.1 Å². The lowest BCUT2D eigenvalue weighted by Crippen LogP contribution is -2.39. The third-order valence-corrected chi connectivity index (χ3v) is 4.47. The summed E-state index contributed by atoms with van der Waals surface area (Å²) in [5.74, 6) is 0.377. The van der Waals surface area contributed by atoms with Crippen molar-refractivity contribution in [3.8, 4) is 0 Å². The van der Waals surface area contributed by atoms with Crippen molar-refractivity contribution < 1.29 is 13.9 Å². The number of carbonyl (C=O) groups excluding carboxylic acids is 1. The number of pyridine rings is 1. The summed E-state index contributed by atoms with van der Waals surface area (Å²) in [6, 6.07) is 5.71. The van der Waals surface area contributed by atoms with Gasteiger partial charge in [0, 0.05) is 50.7 Å². The molecule has 0 N–H and O–H groups in total. The van der Waals surface area contributed by atoms with E-state index in [9.17, 15) is 4.79 Å². The smallest absolute Gasteiger partial charge is 0.290 e. The molecule has 6 heteroatoms. The standard InChI is InChI=1S/C19H25N3O3/c1-16-5-12-25-18(16)19(23)22(15-17-3-6-20-7-4-17)9-2-8-21-10-13-24-14-11-21/h3-7,12H,2,8-11,13-15H2,1H3. The molecule has 6 nitrogen and oxygen atoms in total. The number of rotatable bonds is 7. The number of morpholine rings is 1. The van der Waals surface area contributed by atoms with Gasteiger partial charge in [-0.1, -0.05) is 0 Å². The van der Waals surface area contributed by atoms with Crippen LogP contribution in [0.1, 0.15) is 28.1 Å². The Labute approximate surface area is 148 Å². The monoisotopic (exact) mass is 343 g/mol. The highest BCUT2D eigenvalue weighted by molar-refractivity contribution is 5.92. The lowest BCUT2D eigenvalue weighted by atomic mass is 10.2. The highest BCUT2D eigenvalue weighted by atomic mass is 16.5. The van der Waals surface area contributed by atoms with Gasteiger partial charge < -0.3 is 14.1 Å². The number of aryl methyl sites for hydroxylation is 1. The quantitative estimate of drug-likeness (QED) is 0.772. The molecule has 0 aliphatic carbocycles. The number of furan rings is 1. The van der Waals surface area contributed by atoms with E-state index in [-0.39, 0.29) is 5.91 Å². The van der Waals surface area contributed by atoms with Gasteiger partial charge in [0.1, 0.15) is 0 Å². The van der Waals surface area contributed by atoms with E-state index in [0.29, 0.717) is 18.8 Å². The van der Waals surface area contributed by atoms with Crippen LogP contribution in [0.25, 0.3) is 0 Å². The van der Waals surface area contributed by atoms with Crippen LogP contribution in [0.5, 0.6) is 0 Å². The maximum Gasteiger partial charge on any atom is 0.290 e. The summed E-state index contributed by atoms with van der Waals surface area (Å²) in [5.41, 5.74) is 1.94. The molecular formula is C19H25N3O3. The van der Waals surface area contributed by atoms with Crippen LogP contribution < -0.4 is 0 Å². The second kappa shape index (κ2) is 8.78. The van der Waals surface area contributed by atoms with Gasteiger partial charge in [0.2, 0.25) is 0 Å². The summed E-state index contributed by atoms with van der Waals surface area (Å²) in [4.78, 5) is 21.2. The van der Waals surface area contributed by atoms with E-state index in [1.165, 1.54) is 0 Å². The van der Waals surface area contributed by atoms with Crippen molar-refractivity contribution in [1.82, 2.24) is 14.8 Å². The Morgan fingerprint density at radius 2 is 2.00 bits per heavy atom. The topological polar surface area (TPSA) is 58.8 Å². The van der Waals surface area contributed by atoms with Gasteiger partial charge in [0.15, 0.2) is 5.76 Å². The fourth-order valence-electron chi connectivity index (χ4n) is 3.01. The number of hydrogen-bond acceptors (Lipinski definition) is 5. The maximum absolute atomic E-state index is 12.9. The summed E-state index contributed by atoms with van der Waals surface area (Å²) < 4.78 is 10.8. The van der Waals surface area contributed by atoms with Crippen molar-refractivity contribution in [2.75, 3.05) is 39.4 Å². The zero-order valence-corrected chi connectivity index (χ0v) is 14.7. The van der Waals surface area contributed by atoms with E-state index >= 15 is 0 Å². The maximum atomic E-state index is 12.9. The molecule has 0 aromatic carbocycles. The molecule has 1 fully saturated rings. The van der Waals surface area contributed by atoms with E-state index < -0.39 is 0 Å². The van der Waals surface area contributed by atoms with E-state index in [2.05, 4.69) is 9.88 Å². The van der Waals surface area contributed by atoms with Crippen LogP contribution in [0.3, 0.4) is 0 Å². The van der Waals surface area contributed by atoms with Crippen molar-refractivity contribution in [1.29, 1.82) is 0 Å². The molecule has 2 aromatic rings. The highest BCUT2D eigenvalue weighted by Crippen LogP contribution is 2.15. The van der Waals surface area contributed by atoms with Gasteiger partial charge in [0.05, 0.1) is 19.5 Å². The molecule has 1 aliphatic heterocycles. The van der Waals surface area contributed by atoms with E-state index in [1.807, 2.05) is 30.0 Å². The van der Waals surface area contributed by atoms with Crippen LogP contribution in [-0.2, 0) is 11.3 Å². The molecule has 0 saturated carbocycles. The molecule has 3 rings (SSSR count). The predicted octanol–water partition coefficient (Wildman–Crippen LogP) is 2.35. The molecule has 3 heterocycles. The number of carbonyl (C=O) groups is 1. The Morgan fingerprint density at radius 1 is 1.24 bits per heavy atom. The first-order valence-electron chi connectivity index (χ1n) is 8.76. The van der Waals surface area contributed by atoms with Crippen LogP contribution in [0.2, 0.25) is 0 Å². The molecule has 1 saturated heterocycles. The minimum atomic E-state index is -0.0544. The Hall–Kier alpha value is -2.18. The van der Waals surface area contributed by atoms with Crippen molar-refractivity contribution in [2.24, 2.45) is 0 Å². The Balaban J connectivity index is 1.63. The van der Waals surface area contributed by atoms with Gasteiger partial charge >= 0.3 is 0 Å². The molecule has 25 heavy (non-hydrogen) atoms. The molecule has 2 aromatic heterocycles. The van der Waals surface area contributed by atoms with Crippen LogP contribution >= 0.6 is 0 Å². The second-order valence-corrected chi connectivity index (χ2v) is 6.32. The van der Waals surface area contributed by atoms with E-state index in [0.717, 1.165) is 50.4 Å². The van der Waals surface area contributed by atoms with Gasteiger partial charge in [-0.25, -0.2) is 0 Å². The average molecular weight is 343 g/mol. The average Bonchev–Trinajstić information content (AvgIpc) is 3.08. The van der Waals surface area contributed by atoms with Crippen molar-refractivity contribution >= 4 is 5.91 Å². The Morgan fingerprint density at radius 3 is 2.68 bits per heavy atom. The fraction of sp³-hybridized carbons (Fsp3) is 0.474. The molecule has 134 valence electrons. The number of aromatic nitrogens is 1. The third-order valence-electron chi connectivity index (χ3n) is 4.47. The van der Waals surface area contributed by atoms with Crippen molar-refractivity contribution in [3.05, 3.63) is 53.7 Å². The van der Waals surface area contributed by atoms with Crippen LogP contribution in [0.4, 0.5) is 0 Å². The van der Waals surface area contributed by atoms with Crippen LogP contribution in [0, 0.1) is 6.92 Å². The van der Waals surface area contributed by atoms with Gasteiger partial charge in [-0.2, -0.15) is 0 Å². The molecule has 0 bridgehead atoms. The zero-order chi connectivity index (χ0) is 17.5. The van der Waals surface area contributed by atoms with Crippen LogP contribution in [0.15, 0.2) is 41.3 Å². The number of ether oxygens (including phenoxy) is 1. The minimum absolute atomic E-state index is 0.0544. The van der Waals surface area contributed by atoms with E-state index in [1.54, 1.807) is 18.7 Å². The normalized spacial score (nSPS) is 15.2. The largest absolute Gasteiger partial charge is 0.459 e. The first-order valence-corrected chi connectivity index (χ1v) is 8.76. The van der Waals surface area contributed by atoms with Crippen molar-refractivity contribution in [3.63, 3.8) is 0 Å². The molecule has 0 atom stereocenters. The molecule has 0 spiro atoms. The first kappa shape index (κ1) is 17.6. The SMILES string of the molecule is Cc1ccoc1C(=O)N(CCCN1CCOCC1)Cc1ccncc1. The molecule has 1 amide bonds. The van der Waals surface area contributed by atoms with Gasteiger partial charge in [-0.3, -0.25) is 14.7 Å². The Kier molecular flexibility index (Phi) is 6.19. The van der Waals surface area contributed by atoms with Crippen LogP contribution in [-0.4, -0.2) is 60.1 Å². The molecule has 0 radical (unpaired) electrons. The summed E-state index contributed by atoms with van der Waals surface area (Å²) >= 11 is 0. The summed E-state index contributed by atoms with van der Waals surface area (Å²) in [6.07, 6.45) is 6.01. The summed E-state index contributed by atoms with van der Waals surface area (Å²) in [6.45, 7) is 7.65. The predicted molar refractivity (Wildman–Crippen MR) is 94.3 cm³/mol. The molecule has 0 unspecified atom stereocenters. The Bertz CT molecular complexity index is 666. The summed E-state index contributed by atoms with van der Waals surface area (Å²) in [5, 5.41) is 0. The highest BCUT2D eigenvalue weighted by Gasteiger charge is 2.21. The van der Waals surface area contributed by atoms with E-state index in [4.69, 9.17) is 9.15 Å². The first-order chi connectivity index (χ1) is 12.2. The zero-order valence-electron chi connectivity index (χ0n) is 14.7. The number of nitrogens with zero attached hydrogens (tertiary/aromatic N) is 3. The fourth-order valence-corrected chi connectivity index (χ4v) is 3.01. The number of amides is 1. The molecular weight excluding hydrogens is 318 g/mol. The van der Waals surface area contributed by atoms with Gasteiger partial charge in [-0.15, -0.1) is 0 Å². The number of hydrogen-bond donors (Lipinski definition) is 0. The molecule has 1 aliphatic rings. The van der Waals surface area contributed by atoms with Crippen molar-refractivity contribution in [2.45, 2.75) is 19.9 Å². The second-order valence-electron chi connectivity index (χ2n) is 6.32. The third kappa shape index (κ3) is 4.90. The lowest BCUT2D eigenvalue weighted by molar-refractivity contribution is 0.0354.